The third-order valence-corrected chi connectivity index (χ3v) is 1.81. The highest BCUT2D eigenvalue weighted by Crippen LogP contribution is 2.15. The van der Waals surface area contributed by atoms with E-state index in [1.54, 1.807) is 0 Å². The van der Waals surface area contributed by atoms with Crippen LogP contribution < -0.4 is 0 Å². The Morgan fingerprint density at radius 1 is 1.54 bits per heavy atom. The van der Waals surface area contributed by atoms with E-state index in [1.165, 1.54) is 6.92 Å². The van der Waals surface area contributed by atoms with Gasteiger partial charge in [0, 0.05) is 12.5 Å². The molecule has 0 rings (SSSR count). The molecule has 0 unspecified atom stereocenters. The van der Waals surface area contributed by atoms with E-state index >= 15 is 0 Å². The van der Waals surface area contributed by atoms with Crippen molar-refractivity contribution in [1.82, 2.24) is 0 Å². The predicted octanol–water partition coefficient (Wildman–Crippen LogP) is 2.84. The molecule has 2 heteroatoms. The molecule has 0 aromatic rings. The minimum Gasteiger partial charge on any atom is -0.457 e. The fourth-order valence-electron chi connectivity index (χ4n) is 1.23. The van der Waals surface area contributed by atoms with Gasteiger partial charge in [-0.3, -0.25) is 4.79 Å². The molecular weight excluding hydrogens is 164 g/mol. The number of carbonyl (C=O) groups is 1. The van der Waals surface area contributed by atoms with Crippen molar-refractivity contribution >= 4 is 5.97 Å². The van der Waals surface area contributed by atoms with Gasteiger partial charge in [0.25, 0.3) is 0 Å². The van der Waals surface area contributed by atoms with Gasteiger partial charge in [-0.25, -0.2) is 0 Å². The van der Waals surface area contributed by atoms with E-state index in [0.717, 1.165) is 24.8 Å². The van der Waals surface area contributed by atoms with Crippen LogP contribution in [0.2, 0.25) is 0 Å². The molecule has 0 aliphatic rings. The van der Waals surface area contributed by atoms with Gasteiger partial charge >= 0.3 is 5.97 Å². The molecular formula is C11H18O2. The van der Waals surface area contributed by atoms with Gasteiger partial charge in [-0.05, 0) is 12.8 Å². The maximum Gasteiger partial charge on any atom is 0.303 e. The monoisotopic (exact) mass is 182 g/mol. The van der Waals surface area contributed by atoms with Crippen LogP contribution in [0.1, 0.15) is 40.0 Å². The third-order valence-electron chi connectivity index (χ3n) is 1.81. The van der Waals surface area contributed by atoms with E-state index in [1.807, 2.05) is 6.92 Å². The highest BCUT2D eigenvalue weighted by Gasteiger charge is 2.13. The quantitative estimate of drug-likeness (QED) is 0.482. The van der Waals surface area contributed by atoms with Crippen LogP contribution in [0.25, 0.3) is 0 Å². The molecule has 0 fully saturated rings. The van der Waals surface area contributed by atoms with Crippen molar-refractivity contribution in [1.29, 1.82) is 0 Å². The smallest absolute Gasteiger partial charge is 0.303 e. The number of hydrogen-bond donors (Lipinski definition) is 0. The summed E-state index contributed by atoms with van der Waals surface area (Å²) in [6.07, 6.45) is 2.58. The third kappa shape index (κ3) is 4.54. The Hall–Kier alpha value is -1.01. The molecule has 0 saturated carbocycles. The largest absolute Gasteiger partial charge is 0.457 e. The second-order valence-electron chi connectivity index (χ2n) is 2.96. The van der Waals surface area contributed by atoms with Gasteiger partial charge in [0.15, 0.2) is 0 Å². The van der Waals surface area contributed by atoms with E-state index < -0.39 is 0 Å². The van der Waals surface area contributed by atoms with Crippen LogP contribution in [0.4, 0.5) is 0 Å². The van der Waals surface area contributed by atoms with Gasteiger partial charge < -0.3 is 4.74 Å². The first-order valence-electron chi connectivity index (χ1n) is 4.71. The van der Waals surface area contributed by atoms with Gasteiger partial charge in [0.2, 0.25) is 0 Å². The Labute approximate surface area is 80.3 Å². The fourth-order valence-corrected chi connectivity index (χ4v) is 1.23. The van der Waals surface area contributed by atoms with Gasteiger partial charge in [-0.15, -0.1) is 5.73 Å². The maximum atomic E-state index is 10.8. The molecule has 0 N–H and O–H groups in total. The van der Waals surface area contributed by atoms with Crippen LogP contribution in [0.15, 0.2) is 17.9 Å². The summed E-state index contributed by atoms with van der Waals surface area (Å²) in [6, 6.07) is 0. The molecule has 0 saturated heterocycles. The molecule has 0 aliphatic carbocycles. The van der Waals surface area contributed by atoms with Crippen molar-refractivity contribution in [2.75, 3.05) is 0 Å². The van der Waals surface area contributed by atoms with E-state index in [-0.39, 0.29) is 12.1 Å². The Morgan fingerprint density at radius 3 is 2.46 bits per heavy atom. The minimum atomic E-state index is -0.240. The van der Waals surface area contributed by atoms with Crippen LogP contribution in [-0.2, 0) is 9.53 Å². The number of esters is 1. The summed E-state index contributed by atoms with van der Waals surface area (Å²) in [6.45, 7) is 9.10. The first kappa shape index (κ1) is 12.0. The average molecular weight is 182 g/mol. The van der Waals surface area contributed by atoms with Crippen LogP contribution in [0.5, 0.6) is 0 Å². The standard InChI is InChI=1S/C11H18O2/c1-5-8-10(6-2)11(7-3)13-9(4)12/h11H,2,5,7-8H2,1,3-4H3/t11-/m1/s1. The number of rotatable bonds is 5. The Balaban J connectivity index is 4.35. The average Bonchev–Trinajstić information content (AvgIpc) is 2.10. The number of hydrogen-bond acceptors (Lipinski definition) is 2. The molecule has 0 bridgehead atoms. The summed E-state index contributed by atoms with van der Waals surface area (Å²) in [5.41, 5.74) is 3.85. The summed E-state index contributed by atoms with van der Waals surface area (Å²) in [5.74, 6) is -0.240. The molecule has 2 nitrogen and oxygen atoms in total. The number of ether oxygens (including phenoxy) is 1. The molecule has 74 valence electrons. The lowest BCUT2D eigenvalue weighted by atomic mass is 10.0. The van der Waals surface area contributed by atoms with Gasteiger partial charge in [-0.2, -0.15) is 0 Å². The zero-order valence-electron chi connectivity index (χ0n) is 8.72. The second kappa shape index (κ2) is 6.50. The zero-order chi connectivity index (χ0) is 10.3. The zero-order valence-corrected chi connectivity index (χ0v) is 8.72. The molecule has 0 aromatic carbocycles. The minimum absolute atomic E-state index is 0.130. The first-order valence-corrected chi connectivity index (χ1v) is 4.71. The lowest BCUT2D eigenvalue weighted by Crippen LogP contribution is -2.17. The van der Waals surface area contributed by atoms with Crippen molar-refractivity contribution in [3.8, 4) is 0 Å². The molecule has 13 heavy (non-hydrogen) atoms. The van der Waals surface area contributed by atoms with Crippen LogP contribution >= 0.6 is 0 Å². The van der Waals surface area contributed by atoms with E-state index in [9.17, 15) is 4.79 Å². The molecule has 0 spiro atoms. The lowest BCUT2D eigenvalue weighted by molar-refractivity contribution is -0.144. The van der Waals surface area contributed by atoms with Crippen molar-refractivity contribution in [3.63, 3.8) is 0 Å². The summed E-state index contributed by atoms with van der Waals surface area (Å²) in [5, 5.41) is 0. The highest BCUT2D eigenvalue weighted by molar-refractivity contribution is 5.66. The molecule has 0 amide bonds. The first-order chi connectivity index (χ1) is 6.15. The Bertz CT molecular complexity index is 212. The SMILES string of the molecule is C=C=C(CCC)[C@@H](CC)OC(C)=O. The molecule has 0 aliphatic heterocycles. The normalized spacial score (nSPS) is 11.6. The van der Waals surface area contributed by atoms with Gasteiger partial charge in [0.1, 0.15) is 6.10 Å². The fraction of sp³-hybridized carbons (Fsp3) is 0.636. The van der Waals surface area contributed by atoms with Crippen molar-refractivity contribution in [2.45, 2.75) is 46.1 Å². The molecule has 0 aromatic heterocycles. The lowest BCUT2D eigenvalue weighted by Gasteiger charge is -2.16. The van der Waals surface area contributed by atoms with Gasteiger partial charge in [-0.1, -0.05) is 26.8 Å². The molecule has 0 heterocycles. The Morgan fingerprint density at radius 2 is 2.15 bits per heavy atom. The van der Waals surface area contributed by atoms with Crippen molar-refractivity contribution in [2.24, 2.45) is 0 Å². The Kier molecular flexibility index (Phi) is 5.99. The van der Waals surface area contributed by atoms with Crippen LogP contribution in [-0.4, -0.2) is 12.1 Å². The predicted molar refractivity (Wildman–Crippen MR) is 53.4 cm³/mol. The van der Waals surface area contributed by atoms with Crippen molar-refractivity contribution < 1.29 is 9.53 Å². The van der Waals surface area contributed by atoms with Crippen molar-refractivity contribution in [3.05, 3.63) is 17.9 Å². The summed E-state index contributed by atoms with van der Waals surface area (Å²) in [4.78, 5) is 10.8. The highest BCUT2D eigenvalue weighted by atomic mass is 16.5. The summed E-state index contributed by atoms with van der Waals surface area (Å²) in [7, 11) is 0. The maximum absolute atomic E-state index is 10.8. The number of carbonyl (C=O) groups excluding carboxylic acids is 1. The topological polar surface area (TPSA) is 26.3 Å². The van der Waals surface area contributed by atoms with Gasteiger partial charge in [0.05, 0.1) is 0 Å². The van der Waals surface area contributed by atoms with Crippen LogP contribution in [0, 0.1) is 0 Å². The summed E-state index contributed by atoms with van der Waals surface area (Å²) >= 11 is 0. The van der Waals surface area contributed by atoms with E-state index in [0.29, 0.717) is 0 Å². The molecule has 1 atom stereocenters. The van der Waals surface area contributed by atoms with E-state index in [2.05, 4.69) is 19.2 Å². The second-order valence-corrected chi connectivity index (χ2v) is 2.96. The van der Waals surface area contributed by atoms with Crippen LogP contribution in [0.3, 0.4) is 0 Å². The van der Waals surface area contributed by atoms with E-state index in [4.69, 9.17) is 4.74 Å². The molecule has 0 radical (unpaired) electrons. The summed E-state index contributed by atoms with van der Waals surface area (Å²) < 4.78 is 5.13.